The summed E-state index contributed by atoms with van der Waals surface area (Å²) in [6, 6.07) is 22.9. The van der Waals surface area contributed by atoms with Crippen LogP contribution in [0.25, 0.3) is 16.6 Å². The molecule has 1 heterocycles. The Morgan fingerprint density at radius 1 is 0.931 bits per heavy atom. The third-order valence-electron chi connectivity index (χ3n) is 4.61. The zero-order chi connectivity index (χ0) is 20.4. The fourth-order valence-corrected chi connectivity index (χ4v) is 3.28. The molecule has 7 nitrogen and oxygen atoms in total. The molecule has 0 aliphatic rings. The van der Waals surface area contributed by atoms with Crippen LogP contribution < -0.4 is 15.6 Å². The summed E-state index contributed by atoms with van der Waals surface area (Å²) in [7, 11) is 1.56. The van der Waals surface area contributed by atoms with Gasteiger partial charge in [0.15, 0.2) is 0 Å². The van der Waals surface area contributed by atoms with E-state index in [2.05, 4.69) is 5.32 Å². The predicted molar refractivity (Wildman–Crippen MR) is 112 cm³/mol. The van der Waals surface area contributed by atoms with Gasteiger partial charge in [0.2, 0.25) is 0 Å². The van der Waals surface area contributed by atoms with Gasteiger partial charge in [0, 0.05) is 16.8 Å². The number of benzene rings is 3. The van der Waals surface area contributed by atoms with E-state index in [9.17, 15) is 14.9 Å². The van der Waals surface area contributed by atoms with Gasteiger partial charge in [0.05, 0.1) is 17.5 Å². The molecule has 0 amide bonds. The molecule has 0 aliphatic carbocycles. The first-order valence-electron chi connectivity index (χ1n) is 8.89. The largest absolute Gasteiger partial charge is 0.497 e. The average molecular weight is 387 g/mol. The average Bonchev–Trinajstić information content (AvgIpc) is 2.75. The first-order valence-corrected chi connectivity index (χ1v) is 8.89. The fourth-order valence-electron chi connectivity index (χ4n) is 3.28. The number of nitro groups is 1. The number of para-hydroxylation sites is 2. The number of pyridine rings is 1. The molecule has 0 saturated carbocycles. The molecule has 3 aromatic carbocycles. The van der Waals surface area contributed by atoms with E-state index in [0.717, 1.165) is 0 Å². The summed E-state index contributed by atoms with van der Waals surface area (Å²) in [5.74, 6) is 0.661. The Labute approximate surface area is 165 Å². The van der Waals surface area contributed by atoms with E-state index in [-0.39, 0.29) is 5.69 Å². The van der Waals surface area contributed by atoms with Crippen LogP contribution >= 0.6 is 0 Å². The summed E-state index contributed by atoms with van der Waals surface area (Å²) in [5, 5.41) is 15.5. The molecule has 0 saturated heterocycles. The van der Waals surface area contributed by atoms with Crippen molar-refractivity contribution in [1.82, 2.24) is 4.57 Å². The van der Waals surface area contributed by atoms with Crippen molar-refractivity contribution in [3.8, 4) is 11.4 Å². The predicted octanol–water partition coefficient (Wildman–Crippen LogP) is 4.65. The SMILES string of the molecule is COc1ccc(Nc2c([N+](=O)[O-])c(=O)n(-c3ccccc3)c3ccccc23)cc1. The maximum atomic E-state index is 13.2. The molecule has 4 rings (SSSR count). The van der Waals surface area contributed by atoms with Crippen LogP contribution in [0.2, 0.25) is 0 Å². The Bertz CT molecular complexity index is 1250. The van der Waals surface area contributed by atoms with Crippen molar-refractivity contribution >= 4 is 28.0 Å². The number of hydrogen-bond acceptors (Lipinski definition) is 5. The van der Waals surface area contributed by atoms with E-state index < -0.39 is 16.2 Å². The molecule has 144 valence electrons. The number of fused-ring (bicyclic) bond motifs is 1. The van der Waals surface area contributed by atoms with Crippen LogP contribution in [0.15, 0.2) is 83.7 Å². The Morgan fingerprint density at radius 2 is 1.59 bits per heavy atom. The van der Waals surface area contributed by atoms with Gasteiger partial charge in [-0.05, 0) is 42.5 Å². The van der Waals surface area contributed by atoms with E-state index in [0.29, 0.717) is 28.0 Å². The van der Waals surface area contributed by atoms with E-state index in [1.54, 1.807) is 79.9 Å². The van der Waals surface area contributed by atoms with Crippen molar-refractivity contribution in [1.29, 1.82) is 0 Å². The van der Waals surface area contributed by atoms with Crippen LogP contribution in [0.5, 0.6) is 5.75 Å². The van der Waals surface area contributed by atoms with Crippen LogP contribution in [0.3, 0.4) is 0 Å². The lowest BCUT2D eigenvalue weighted by Crippen LogP contribution is -2.23. The van der Waals surface area contributed by atoms with Crippen molar-refractivity contribution in [3.05, 3.63) is 99.3 Å². The third-order valence-corrected chi connectivity index (χ3v) is 4.61. The van der Waals surface area contributed by atoms with Crippen molar-refractivity contribution in [2.24, 2.45) is 0 Å². The van der Waals surface area contributed by atoms with Crippen molar-refractivity contribution < 1.29 is 9.66 Å². The summed E-state index contributed by atoms with van der Waals surface area (Å²) in [6.07, 6.45) is 0. The standard InChI is InChI=1S/C22H17N3O4/c1-29-17-13-11-15(12-14-17)23-20-18-9-5-6-10-19(18)24(16-7-3-2-4-8-16)22(26)21(20)25(27)28/h2-14,23H,1H3. The zero-order valence-corrected chi connectivity index (χ0v) is 15.5. The molecule has 0 aliphatic heterocycles. The minimum Gasteiger partial charge on any atom is -0.497 e. The van der Waals surface area contributed by atoms with Crippen LogP contribution in [-0.2, 0) is 0 Å². The highest BCUT2D eigenvalue weighted by molar-refractivity contribution is 5.98. The lowest BCUT2D eigenvalue weighted by molar-refractivity contribution is -0.385. The number of hydrogen-bond donors (Lipinski definition) is 1. The number of ether oxygens (including phenoxy) is 1. The molecule has 1 aromatic heterocycles. The van der Waals surface area contributed by atoms with Gasteiger partial charge in [-0.3, -0.25) is 19.5 Å². The monoisotopic (exact) mass is 387 g/mol. The Morgan fingerprint density at radius 3 is 2.24 bits per heavy atom. The Hall–Kier alpha value is -4.13. The first-order chi connectivity index (χ1) is 14.1. The van der Waals surface area contributed by atoms with Crippen molar-refractivity contribution in [3.63, 3.8) is 0 Å². The molecule has 1 N–H and O–H groups in total. The number of methoxy groups -OCH3 is 1. The highest BCUT2D eigenvalue weighted by atomic mass is 16.6. The van der Waals surface area contributed by atoms with E-state index in [1.807, 2.05) is 6.07 Å². The van der Waals surface area contributed by atoms with Gasteiger partial charge in [-0.2, -0.15) is 0 Å². The lowest BCUT2D eigenvalue weighted by Gasteiger charge is -2.15. The zero-order valence-electron chi connectivity index (χ0n) is 15.5. The van der Waals surface area contributed by atoms with Crippen LogP contribution in [0.1, 0.15) is 0 Å². The molecule has 0 spiro atoms. The maximum absolute atomic E-state index is 13.2. The maximum Gasteiger partial charge on any atom is 0.358 e. The van der Waals surface area contributed by atoms with Crippen molar-refractivity contribution in [2.45, 2.75) is 0 Å². The van der Waals surface area contributed by atoms with E-state index in [1.165, 1.54) is 4.57 Å². The summed E-state index contributed by atoms with van der Waals surface area (Å²) >= 11 is 0. The molecule has 0 bridgehead atoms. The number of anilines is 2. The second-order valence-electron chi connectivity index (χ2n) is 6.33. The minimum atomic E-state index is -0.698. The highest BCUT2D eigenvalue weighted by Gasteiger charge is 2.26. The smallest absolute Gasteiger partial charge is 0.358 e. The molecule has 0 unspecified atom stereocenters. The van der Waals surface area contributed by atoms with Gasteiger partial charge in [-0.15, -0.1) is 0 Å². The van der Waals surface area contributed by atoms with Crippen molar-refractivity contribution in [2.75, 3.05) is 12.4 Å². The molecule has 29 heavy (non-hydrogen) atoms. The van der Waals surface area contributed by atoms with Gasteiger partial charge in [-0.25, -0.2) is 0 Å². The molecular formula is C22H17N3O4. The summed E-state index contributed by atoms with van der Waals surface area (Å²) in [6.45, 7) is 0. The van der Waals surface area contributed by atoms with Crippen LogP contribution in [0, 0.1) is 10.1 Å². The number of rotatable bonds is 5. The highest BCUT2D eigenvalue weighted by Crippen LogP contribution is 2.34. The van der Waals surface area contributed by atoms with Gasteiger partial charge >= 0.3 is 11.2 Å². The first kappa shape index (κ1) is 18.2. The van der Waals surface area contributed by atoms with E-state index in [4.69, 9.17) is 4.74 Å². The quantitative estimate of drug-likeness (QED) is 0.398. The van der Waals surface area contributed by atoms with Gasteiger partial charge in [0.25, 0.3) is 0 Å². The van der Waals surface area contributed by atoms with Crippen LogP contribution in [0.4, 0.5) is 17.1 Å². The van der Waals surface area contributed by atoms with Gasteiger partial charge in [-0.1, -0.05) is 36.4 Å². The summed E-state index contributed by atoms with van der Waals surface area (Å²) in [4.78, 5) is 24.5. The molecular weight excluding hydrogens is 370 g/mol. The van der Waals surface area contributed by atoms with Crippen LogP contribution in [-0.4, -0.2) is 16.6 Å². The number of aromatic nitrogens is 1. The Kier molecular flexibility index (Phi) is 4.70. The normalized spacial score (nSPS) is 10.7. The van der Waals surface area contributed by atoms with Gasteiger partial charge < -0.3 is 10.1 Å². The molecule has 0 fully saturated rings. The molecule has 0 atom stereocenters. The lowest BCUT2D eigenvalue weighted by atomic mass is 10.1. The Balaban J connectivity index is 2.00. The topological polar surface area (TPSA) is 86.4 Å². The summed E-state index contributed by atoms with van der Waals surface area (Å²) in [5.41, 5.74) is 0.696. The molecule has 7 heteroatoms. The summed E-state index contributed by atoms with van der Waals surface area (Å²) < 4.78 is 6.51. The number of nitrogens with one attached hydrogen (secondary N) is 1. The number of nitrogens with zero attached hydrogens (tertiary/aromatic N) is 2. The second-order valence-corrected chi connectivity index (χ2v) is 6.33. The third kappa shape index (κ3) is 3.29. The minimum absolute atomic E-state index is 0.160. The van der Waals surface area contributed by atoms with Gasteiger partial charge in [0.1, 0.15) is 11.4 Å². The second kappa shape index (κ2) is 7.47. The molecule has 4 aromatic rings. The fraction of sp³-hybridized carbons (Fsp3) is 0.0455. The molecule has 0 radical (unpaired) electrons. The van der Waals surface area contributed by atoms with E-state index >= 15 is 0 Å².